The molecular formula is C32H30ClN. The highest BCUT2D eigenvalue weighted by Crippen LogP contribution is 2.47. The van der Waals surface area contributed by atoms with Crippen molar-refractivity contribution in [2.45, 2.75) is 51.4 Å². The molecule has 1 aliphatic rings. The van der Waals surface area contributed by atoms with Crippen LogP contribution in [0.1, 0.15) is 51.7 Å². The predicted octanol–water partition coefficient (Wildman–Crippen LogP) is 9.45. The smallest absolute Gasteiger partial charge is 0.0556 e. The Morgan fingerprint density at radius 2 is 1.41 bits per heavy atom. The van der Waals surface area contributed by atoms with Gasteiger partial charge in [-0.3, -0.25) is 0 Å². The van der Waals surface area contributed by atoms with E-state index in [0.717, 1.165) is 10.5 Å². The molecule has 2 heteroatoms. The lowest BCUT2D eigenvalue weighted by Gasteiger charge is -2.42. The van der Waals surface area contributed by atoms with Crippen molar-refractivity contribution in [1.29, 1.82) is 0 Å². The molecule has 34 heavy (non-hydrogen) atoms. The fourth-order valence-electron chi connectivity index (χ4n) is 5.89. The molecule has 0 spiro atoms. The van der Waals surface area contributed by atoms with E-state index in [1.807, 2.05) is 6.07 Å². The SMILES string of the molecule is CC1(C)CCC(C)(C)c2cc(-n3c4cc(Cl)ccc4c4c(-c5ccccc5)cccc43)ccc21. The minimum atomic E-state index is 0.159. The maximum Gasteiger partial charge on any atom is 0.0556 e. The summed E-state index contributed by atoms with van der Waals surface area (Å²) in [6, 6.07) is 30.7. The first-order valence-corrected chi connectivity index (χ1v) is 12.6. The van der Waals surface area contributed by atoms with Gasteiger partial charge in [0.2, 0.25) is 0 Å². The van der Waals surface area contributed by atoms with Gasteiger partial charge < -0.3 is 4.57 Å². The molecule has 1 aliphatic carbocycles. The normalized spacial score (nSPS) is 16.6. The first kappa shape index (κ1) is 21.5. The lowest BCUT2D eigenvalue weighted by atomic mass is 9.63. The van der Waals surface area contributed by atoms with Crippen LogP contribution in [-0.4, -0.2) is 4.57 Å². The van der Waals surface area contributed by atoms with E-state index in [0.29, 0.717) is 0 Å². The topological polar surface area (TPSA) is 4.93 Å². The molecule has 5 aromatic rings. The van der Waals surface area contributed by atoms with Crippen molar-refractivity contribution in [2.75, 3.05) is 0 Å². The lowest BCUT2D eigenvalue weighted by molar-refractivity contribution is 0.332. The molecule has 0 fully saturated rings. The van der Waals surface area contributed by atoms with Crippen molar-refractivity contribution in [3.63, 3.8) is 0 Å². The number of nitrogens with zero attached hydrogens (tertiary/aromatic N) is 1. The Kier molecular flexibility index (Phi) is 4.73. The zero-order valence-electron chi connectivity index (χ0n) is 20.3. The van der Waals surface area contributed by atoms with E-state index in [1.165, 1.54) is 57.1 Å². The lowest BCUT2D eigenvalue weighted by Crippen LogP contribution is -2.33. The van der Waals surface area contributed by atoms with Crippen LogP contribution in [0.15, 0.2) is 84.9 Å². The van der Waals surface area contributed by atoms with Gasteiger partial charge in [-0.25, -0.2) is 0 Å². The molecule has 0 unspecified atom stereocenters. The molecule has 6 rings (SSSR count). The number of hydrogen-bond donors (Lipinski definition) is 0. The maximum atomic E-state index is 6.55. The molecule has 0 amide bonds. The molecule has 1 heterocycles. The predicted molar refractivity (Wildman–Crippen MR) is 147 cm³/mol. The van der Waals surface area contributed by atoms with Gasteiger partial charge in [0.1, 0.15) is 0 Å². The van der Waals surface area contributed by atoms with Crippen molar-refractivity contribution in [3.8, 4) is 16.8 Å². The molecular weight excluding hydrogens is 434 g/mol. The summed E-state index contributed by atoms with van der Waals surface area (Å²) in [5.74, 6) is 0. The van der Waals surface area contributed by atoms with Gasteiger partial charge in [-0.2, -0.15) is 0 Å². The molecule has 4 aromatic carbocycles. The average molecular weight is 464 g/mol. The monoisotopic (exact) mass is 463 g/mol. The molecule has 1 nitrogen and oxygen atoms in total. The Balaban J connectivity index is 1.70. The molecule has 0 radical (unpaired) electrons. The zero-order chi connectivity index (χ0) is 23.7. The standard InChI is InChI=1S/C32H30ClN/c1-31(2)17-18-32(3,4)27-20-23(14-16-26(27)31)34-28-12-8-11-24(21-9-6-5-7-10-21)30(28)25-15-13-22(33)19-29(25)34/h5-16,19-20H,17-18H2,1-4H3. The van der Waals surface area contributed by atoms with Crippen molar-refractivity contribution >= 4 is 33.4 Å². The van der Waals surface area contributed by atoms with E-state index in [1.54, 1.807) is 0 Å². The molecule has 0 atom stereocenters. The summed E-state index contributed by atoms with van der Waals surface area (Å²) in [5, 5.41) is 3.27. The third-order valence-electron chi connectivity index (χ3n) is 7.93. The third-order valence-corrected chi connectivity index (χ3v) is 8.17. The number of fused-ring (bicyclic) bond motifs is 4. The van der Waals surface area contributed by atoms with Crippen LogP contribution in [-0.2, 0) is 10.8 Å². The highest BCUT2D eigenvalue weighted by atomic mass is 35.5. The van der Waals surface area contributed by atoms with Gasteiger partial charge in [0.15, 0.2) is 0 Å². The molecule has 1 aromatic heterocycles. The second-order valence-electron chi connectivity index (χ2n) is 11.1. The number of halogens is 1. The highest BCUT2D eigenvalue weighted by molar-refractivity contribution is 6.32. The van der Waals surface area contributed by atoms with Crippen molar-refractivity contribution in [3.05, 3.63) is 101 Å². The second kappa shape index (κ2) is 7.48. The van der Waals surface area contributed by atoms with Crippen LogP contribution in [0.4, 0.5) is 0 Å². The van der Waals surface area contributed by atoms with Crippen LogP contribution in [0.25, 0.3) is 38.6 Å². The van der Waals surface area contributed by atoms with Crippen LogP contribution in [0.5, 0.6) is 0 Å². The summed E-state index contributed by atoms with van der Waals surface area (Å²) in [7, 11) is 0. The van der Waals surface area contributed by atoms with Crippen LogP contribution in [0.3, 0.4) is 0 Å². The van der Waals surface area contributed by atoms with Crippen molar-refractivity contribution in [2.24, 2.45) is 0 Å². The molecule has 0 aliphatic heterocycles. The van der Waals surface area contributed by atoms with Crippen LogP contribution in [0, 0.1) is 0 Å². The molecule has 0 saturated carbocycles. The third kappa shape index (κ3) is 3.21. The van der Waals surface area contributed by atoms with Gasteiger partial charge in [-0.05, 0) is 76.3 Å². The van der Waals surface area contributed by atoms with Gasteiger partial charge in [-0.15, -0.1) is 0 Å². The van der Waals surface area contributed by atoms with E-state index in [-0.39, 0.29) is 10.8 Å². The fourth-order valence-corrected chi connectivity index (χ4v) is 6.06. The summed E-state index contributed by atoms with van der Waals surface area (Å²) in [5.41, 5.74) is 9.37. The van der Waals surface area contributed by atoms with E-state index in [2.05, 4.69) is 111 Å². The largest absolute Gasteiger partial charge is 0.309 e. The molecule has 170 valence electrons. The molecule has 0 bridgehead atoms. The molecule has 0 N–H and O–H groups in total. The fraction of sp³-hybridized carbons (Fsp3) is 0.250. The van der Waals surface area contributed by atoms with Crippen LogP contribution in [0.2, 0.25) is 5.02 Å². The number of rotatable bonds is 2. The Bertz CT molecular complexity index is 1550. The van der Waals surface area contributed by atoms with Gasteiger partial charge in [0.05, 0.1) is 11.0 Å². The van der Waals surface area contributed by atoms with E-state index < -0.39 is 0 Å². The van der Waals surface area contributed by atoms with Gasteiger partial charge in [0, 0.05) is 21.5 Å². The summed E-state index contributed by atoms with van der Waals surface area (Å²) in [4.78, 5) is 0. The zero-order valence-corrected chi connectivity index (χ0v) is 21.1. The first-order valence-electron chi connectivity index (χ1n) is 12.2. The number of aromatic nitrogens is 1. The van der Waals surface area contributed by atoms with E-state index in [4.69, 9.17) is 11.6 Å². The van der Waals surface area contributed by atoms with Crippen molar-refractivity contribution < 1.29 is 0 Å². The van der Waals surface area contributed by atoms with Gasteiger partial charge >= 0.3 is 0 Å². The van der Waals surface area contributed by atoms with Crippen LogP contribution < -0.4 is 0 Å². The van der Waals surface area contributed by atoms with E-state index in [9.17, 15) is 0 Å². The van der Waals surface area contributed by atoms with Gasteiger partial charge in [0.25, 0.3) is 0 Å². The summed E-state index contributed by atoms with van der Waals surface area (Å²) < 4.78 is 2.40. The Hall–Kier alpha value is -3.03. The maximum absolute atomic E-state index is 6.55. The Morgan fingerprint density at radius 1 is 0.676 bits per heavy atom. The Morgan fingerprint density at radius 3 is 2.18 bits per heavy atom. The average Bonchev–Trinajstić information content (AvgIpc) is 3.16. The van der Waals surface area contributed by atoms with Gasteiger partial charge in [-0.1, -0.05) is 93.9 Å². The second-order valence-corrected chi connectivity index (χ2v) is 11.5. The number of hydrogen-bond acceptors (Lipinski definition) is 0. The van der Waals surface area contributed by atoms with E-state index >= 15 is 0 Å². The minimum absolute atomic E-state index is 0.159. The minimum Gasteiger partial charge on any atom is -0.309 e. The van der Waals surface area contributed by atoms with Crippen molar-refractivity contribution in [1.82, 2.24) is 4.57 Å². The summed E-state index contributed by atoms with van der Waals surface area (Å²) in [6.07, 6.45) is 2.42. The molecule has 0 saturated heterocycles. The summed E-state index contributed by atoms with van der Waals surface area (Å²) >= 11 is 6.55. The highest BCUT2D eigenvalue weighted by Gasteiger charge is 2.37. The number of benzene rings is 4. The quantitative estimate of drug-likeness (QED) is 0.245. The summed E-state index contributed by atoms with van der Waals surface area (Å²) in [6.45, 7) is 9.54. The Labute approximate surface area is 207 Å². The van der Waals surface area contributed by atoms with Crippen LogP contribution >= 0.6 is 11.6 Å². The first-order chi connectivity index (χ1) is 16.3.